The summed E-state index contributed by atoms with van der Waals surface area (Å²) in [4.78, 5) is 142. The topological polar surface area (TPSA) is 538 Å². The van der Waals surface area contributed by atoms with Crippen molar-refractivity contribution in [2.24, 2.45) is 39.4 Å². The number of carbonyl (C=O) groups is 9. The Morgan fingerprint density at radius 2 is 1.25 bits per heavy atom. The molecule has 4 aliphatic carbocycles. The number of methoxy groups -OCH3 is 1. The number of nitrogens with one attached hydrogen (secondary N) is 1. The Hall–Kier alpha value is -10.7. The number of para-hydroxylation sites is 1. The average molecular weight is 2020 g/mol. The number of nitrogens with zero attached hydrogens (tertiary/aromatic N) is 12. The normalized spacial score (nSPS) is 18.8. The molecule has 3 aromatic carbocycles. The number of nitrogens with two attached hydrogens (primary N) is 3. The molecule has 776 valence electrons. The second kappa shape index (κ2) is 53.3. The quantitative estimate of drug-likeness (QED) is 0.0123. The molecule has 45 heteroatoms. The molecule has 9 amide bonds. The van der Waals surface area contributed by atoms with Crippen LogP contribution >= 0.6 is 11.3 Å². The summed E-state index contributed by atoms with van der Waals surface area (Å²) in [6, 6.07) is 16.2. The first-order valence-electron chi connectivity index (χ1n) is 47.9. The third-order valence-electron chi connectivity index (χ3n) is 25.4. The van der Waals surface area contributed by atoms with Gasteiger partial charge in [-0.2, -0.15) is 13.5 Å². The standard InChI is InChI=1S/C97H134N16O27S2/c1-67(2)85(99)89(119)111(92(122)113(78(87(100)117)14-10-25-98)84(116)55-79(112-82(114)22-23-83(112)115)77-58-109(106-105-77)28-30-128-34-35-130-38-39-132-42-43-134-46-47-136-50-51-138-53-52-137-49-48-135-45-44-133-41-40-131-37-36-129-33-32-127-6)71-18-16-69(17-19-71)59-139-93(123)107(29-54-142(124,125)126)27-31-140-97-63-94(4)60-95(5,64-97)62-96(61-94,65-97)66-110-68(3)74(56-101-110)72-20-21-81(103-86(72)90(120)121)108-26-24-70-11-9-12-73(75(70)57-108)88(118)104-91-102-76-13-7-8-15-80(76)141-91/h7-9,11-13,15-23,56,58,67,78-79,85H,10,14,24-55,57,59-66,98-99H2,1-6H3,(H2,100,117)(H,120,121)(H,102,104,118)(H,124,125,126)/t78-,79-,85-,94?,95?,96?,97?/m0/s1. The number of hydrogen-bond donors (Lipinski definition) is 6. The van der Waals surface area contributed by atoms with Crippen LogP contribution in [0.3, 0.4) is 0 Å². The Balaban J connectivity index is 0.607. The molecule has 0 saturated heterocycles. The van der Waals surface area contributed by atoms with Crippen molar-refractivity contribution in [3.8, 4) is 11.1 Å². The molecule has 43 nitrogen and oxygen atoms in total. The van der Waals surface area contributed by atoms with Crippen LogP contribution in [0.1, 0.15) is 140 Å². The van der Waals surface area contributed by atoms with Gasteiger partial charge in [0.15, 0.2) is 10.8 Å². The van der Waals surface area contributed by atoms with Gasteiger partial charge in [0, 0.05) is 74.4 Å². The number of primary amides is 1. The number of carboxylic acid groups (broad SMARTS) is 1. The van der Waals surface area contributed by atoms with Crippen LogP contribution in [0, 0.1) is 29.1 Å². The molecule has 13 rings (SSSR count). The third-order valence-corrected chi connectivity index (χ3v) is 27.1. The predicted molar refractivity (Wildman–Crippen MR) is 519 cm³/mol. The van der Waals surface area contributed by atoms with Crippen molar-refractivity contribution in [3.63, 3.8) is 0 Å². The molecular weight excluding hydrogens is 1890 g/mol. The van der Waals surface area contributed by atoms with Gasteiger partial charge >= 0.3 is 18.1 Å². The van der Waals surface area contributed by atoms with Crippen molar-refractivity contribution >= 4 is 102 Å². The number of carbonyl (C=O) groups excluding carboxylic acids is 8. The molecule has 4 saturated carbocycles. The van der Waals surface area contributed by atoms with Crippen molar-refractivity contribution in [2.45, 2.75) is 149 Å². The summed E-state index contributed by atoms with van der Waals surface area (Å²) >= 11 is 1.39. The predicted octanol–water partition coefficient (Wildman–Crippen LogP) is 7.37. The van der Waals surface area contributed by atoms with Gasteiger partial charge in [-0.25, -0.2) is 33.9 Å². The third kappa shape index (κ3) is 31.2. The minimum absolute atomic E-state index is 0.0354. The Bertz CT molecular complexity index is 5460. The lowest BCUT2D eigenvalue weighted by atomic mass is 9.39. The summed E-state index contributed by atoms with van der Waals surface area (Å²) in [7, 11) is -3.00. The van der Waals surface area contributed by atoms with Crippen molar-refractivity contribution in [1.29, 1.82) is 0 Å². The summed E-state index contributed by atoms with van der Waals surface area (Å²) in [6.07, 6.45) is 8.13. The fourth-order valence-corrected chi connectivity index (χ4v) is 21.1. The van der Waals surface area contributed by atoms with E-state index in [1.165, 1.54) is 46.5 Å². The molecule has 6 aliphatic rings. The summed E-state index contributed by atoms with van der Waals surface area (Å²) in [5.41, 5.74) is 21.8. The number of carboxylic acids is 1. The molecule has 0 radical (unpaired) electrons. The monoisotopic (exact) mass is 2020 g/mol. The molecule has 2 aliphatic heterocycles. The number of fused-ring (bicyclic) bond motifs is 2. The highest BCUT2D eigenvalue weighted by Crippen LogP contribution is 2.72. The van der Waals surface area contributed by atoms with Crippen LogP contribution in [-0.2, 0) is 133 Å². The number of rotatable bonds is 64. The Kier molecular flexibility index (Phi) is 41.3. The Morgan fingerprint density at radius 3 is 1.80 bits per heavy atom. The van der Waals surface area contributed by atoms with Gasteiger partial charge in [-0.3, -0.25) is 53.1 Å². The first-order valence-corrected chi connectivity index (χ1v) is 50.4. The molecule has 5 atom stereocenters. The fraction of sp³-hybridized carbons (Fsp3) is 0.588. The van der Waals surface area contributed by atoms with E-state index >= 15 is 9.59 Å². The van der Waals surface area contributed by atoms with E-state index in [0.29, 0.717) is 208 Å². The fourth-order valence-electron chi connectivity index (χ4n) is 19.8. The van der Waals surface area contributed by atoms with Gasteiger partial charge in [0.25, 0.3) is 33.7 Å². The van der Waals surface area contributed by atoms with Crippen LogP contribution in [0.25, 0.3) is 21.3 Å². The van der Waals surface area contributed by atoms with Gasteiger partial charge in [0.1, 0.15) is 24.2 Å². The number of aromatic carboxylic acids is 1. The van der Waals surface area contributed by atoms with Crippen LogP contribution in [0.4, 0.5) is 26.2 Å². The van der Waals surface area contributed by atoms with Gasteiger partial charge in [-0.15, -0.1) is 5.10 Å². The Morgan fingerprint density at radius 1 is 0.669 bits per heavy atom. The van der Waals surface area contributed by atoms with Crippen molar-refractivity contribution in [2.75, 3.05) is 213 Å². The summed E-state index contributed by atoms with van der Waals surface area (Å²) in [6.45, 7) is 19.0. The van der Waals surface area contributed by atoms with Crippen molar-refractivity contribution < 1.29 is 128 Å². The maximum absolute atomic E-state index is 15.5. The molecule has 4 aromatic heterocycles. The number of amides is 9. The van der Waals surface area contributed by atoms with Crippen LogP contribution in [0.5, 0.6) is 0 Å². The lowest BCUT2D eigenvalue weighted by Gasteiger charge is -2.69. The van der Waals surface area contributed by atoms with Crippen LogP contribution in [-0.4, -0.2) is 336 Å². The summed E-state index contributed by atoms with van der Waals surface area (Å²) in [5, 5.41) is 27.6. The highest BCUT2D eigenvalue weighted by molar-refractivity contribution is 7.85. The number of aromatic nitrogens is 7. The van der Waals surface area contributed by atoms with E-state index < -0.39 is 113 Å². The number of urea groups is 1. The Labute approximate surface area is 829 Å². The molecule has 0 spiro atoms. The first-order chi connectivity index (χ1) is 68.3. The van der Waals surface area contributed by atoms with Gasteiger partial charge in [0.2, 0.25) is 11.8 Å². The maximum Gasteiger partial charge on any atom is 0.410 e. The zero-order valence-corrected chi connectivity index (χ0v) is 83.2. The largest absolute Gasteiger partial charge is 0.476 e. The number of ether oxygens (including phenoxy) is 14. The van der Waals surface area contributed by atoms with E-state index in [1.54, 1.807) is 45.4 Å². The zero-order chi connectivity index (χ0) is 101. The molecule has 4 fully saturated rings. The minimum atomic E-state index is -4.63. The number of benzene rings is 3. The smallest absolute Gasteiger partial charge is 0.410 e. The van der Waals surface area contributed by atoms with Crippen LogP contribution < -0.4 is 32.3 Å². The molecule has 7 aromatic rings. The van der Waals surface area contributed by atoms with Gasteiger partial charge < -0.3 is 98.4 Å². The van der Waals surface area contributed by atoms with Crippen LogP contribution in [0.15, 0.2) is 103 Å². The SMILES string of the molecule is COCCOCCOCCOCCOCCOCCOCCOCCOCCOCCOCCOCCn1cc([C@H](CC(=O)N(C(=O)N(C(=O)[C@@H](N)C(C)C)c2ccc(COC(=O)N(CCOC34CC5(C)CC(C)(CC(Cn6ncc(-c7ccc(N8CCc9cccc(C(=O)Nc%10nc%11ccccc%11s%10)c9C8)nc7C(=O)O)c6C)(C5)C3)C4)CCS(=O)(=O)O)cc2)[C@@H](CCCN)C(N)=O)N2C(=O)C=CC2=O)nn1. The highest BCUT2D eigenvalue weighted by atomic mass is 32.2. The van der Waals surface area contributed by atoms with Crippen LogP contribution in [0.2, 0.25) is 0 Å². The summed E-state index contributed by atoms with van der Waals surface area (Å²) < 4.78 is 118. The molecule has 142 heavy (non-hydrogen) atoms. The lowest BCUT2D eigenvalue weighted by molar-refractivity contribution is -0.248. The summed E-state index contributed by atoms with van der Waals surface area (Å²) in [5.74, 6) is -7.60. The number of pyridine rings is 1. The number of thiazole rings is 1. The average Bonchev–Trinajstić information content (AvgIpc) is 0.876. The maximum atomic E-state index is 15.5. The van der Waals surface area contributed by atoms with Gasteiger partial charge in [-0.05, 0) is 153 Å². The van der Waals surface area contributed by atoms with E-state index in [1.807, 2.05) is 52.9 Å². The minimum Gasteiger partial charge on any atom is -0.476 e. The number of imide groups is 3. The zero-order valence-electron chi connectivity index (χ0n) is 81.5. The molecule has 2 unspecified atom stereocenters. The molecule has 4 bridgehead atoms. The van der Waals surface area contributed by atoms with Gasteiger partial charge in [-0.1, -0.05) is 80.6 Å². The highest BCUT2D eigenvalue weighted by Gasteiger charge is 2.66. The molecule has 9 N–H and O–H groups in total. The van der Waals surface area contributed by atoms with E-state index in [4.69, 9.17) is 93.6 Å². The second-order valence-corrected chi connectivity index (χ2v) is 39.6. The second-order valence-electron chi connectivity index (χ2n) is 37.0. The first kappa shape index (κ1) is 110. The van der Waals surface area contributed by atoms with E-state index in [0.717, 1.165) is 68.3 Å². The number of anilines is 3. The van der Waals surface area contributed by atoms with E-state index in [2.05, 4.69) is 34.5 Å². The van der Waals surface area contributed by atoms with E-state index in [9.17, 15) is 51.6 Å². The molecule has 6 heterocycles. The lowest BCUT2D eigenvalue weighted by Crippen LogP contribution is -2.64. The van der Waals surface area contributed by atoms with Crippen molar-refractivity contribution in [1.82, 2.24) is 49.4 Å². The molecular formula is C97H134N16O27S2. The van der Waals surface area contributed by atoms with Gasteiger partial charge in [0.05, 0.1) is 223 Å². The van der Waals surface area contributed by atoms with Crippen molar-refractivity contribution in [3.05, 3.63) is 143 Å². The number of hydrogen-bond acceptors (Lipinski definition) is 34. The van der Waals surface area contributed by atoms with E-state index in [-0.39, 0.29) is 110 Å².